The van der Waals surface area contributed by atoms with Crippen LogP contribution in [0.5, 0.6) is 11.5 Å². The molecule has 10 heteroatoms. The topological polar surface area (TPSA) is 176 Å². The summed E-state index contributed by atoms with van der Waals surface area (Å²) in [5.74, 6) is 8.32. The molecule has 3 aromatic rings. The molecule has 1 saturated carbocycles. The van der Waals surface area contributed by atoms with Gasteiger partial charge in [-0.3, -0.25) is 9.59 Å². The number of Topliss-reactive ketones (excluding diaryl/α,β-unsaturated/α-hetero) is 2. The van der Waals surface area contributed by atoms with Crippen LogP contribution in [-0.2, 0) is 28.9 Å². The van der Waals surface area contributed by atoms with Gasteiger partial charge in [-0.15, -0.1) is 4.99 Å². The van der Waals surface area contributed by atoms with Gasteiger partial charge < -0.3 is 30.9 Å². The summed E-state index contributed by atoms with van der Waals surface area (Å²) in [5.41, 5.74) is 12.0. The van der Waals surface area contributed by atoms with Crippen LogP contribution in [0.4, 0.5) is 5.82 Å². The first-order valence-corrected chi connectivity index (χ1v) is 24.5. The molecule has 0 spiro atoms. The number of pyridine rings is 1. The van der Waals surface area contributed by atoms with E-state index in [1.165, 1.54) is 12.7 Å². The molecule has 0 amide bonds. The lowest BCUT2D eigenvalue weighted by Gasteiger charge is -2.32. The van der Waals surface area contributed by atoms with Gasteiger partial charge in [0.05, 0.1) is 44.2 Å². The van der Waals surface area contributed by atoms with Gasteiger partial charge in [-0.25, -0.2) is 4.98 Å². The molecule has 0 unspecified atom stereocenters. The Balaban J connectivity index is 1.41. The number of aromatic nitrogens is 1. The normalized spacial score (nSPS) is 23.5. The summed E-state index contributed by atoms with van der Waals surface area (Å²) in [4.78, 5) is 37.7. The van der Waals surface area contributed by atoms with Crippen LogP contribution in [0.1, 0.15) is 139 Å². The summed E-state index contributed by atoms with van der Waals surface area (Å²) in [6.07, 6.45) is 11.3. The quantitative estimate of drug-likeness (QED) is 0.0473. The molecule has 6 N–H and O–H groups in total. The van der Waals surface area contributed by atoms with Crippen molar-refractivity contribution in [1.29, 1.82) is 0 Å². The van der Waals surface area contributed by atoms with E-state index in [0.29, 0.717) is 62.4 Å². The van der Waals surface area contributed by atoms with Crippen molar-refractivity contribution in [2.45, 2.75) is 149 Å². The van der Waals surface area contributed by atoms with Crippen LogP contribution in [0.3, 0.4) is 0 Å². The molecule has 354 valence electrons. The molecular weight excluding hydrogens is 827 g/mol. The van der Waals surface area contributed by atoms with Crippen molar-refractivity contribution in [3.8, 4) is 23.3 Å². The van der Waals surface area contributed by atoms with Gasteiger partial charge in [0.15, 0.2) is 17.2 Å². The largest absolute Gasteiger partial charge is 0.504 e. The van der Waals surface area contributed by atoms with Gasteiger partial charge in [-0.1, -0.05) is 63.3 Å². The Labute approximate surface area is 393 Å². The Bertz CT molecular complexity index is 2240. The zero-order chi connectivity index (χ0) is 47.5. The molecule has 1 aromatic heterocycles. The first-order valence-electron chi connectivity index (χ1n) is 24.5. The van der Waals surface area contributed by atoms with E-state index in [2.05, 4.69) is 62.7 Å². The van der Waals surface area contributed by atoms with E-state index in [0.717, 1.165) is 66.0 Å². The number of nitrogen functional groups attached to an aromatic ring is 1. The molecule has 2 aliphatic carbocycles. The van der Waals surface area contributed by atoms with Gasteiger partial charge in [0.2, 0.25) is 0 Å². The van der Waals surface area contributed by atoms with Crippen molar-refractivity contribution in [3.63, 3.8) is 0 Å². The Hall–Kier alpha value is -4.95. The standard InChI is InChI=1S/C56H73N3O7/c1-7-10-47(52(63)30-44-27-43(33-59-44)35(4)14-20-51(62)36(5)60)42-25-38(23-37-21-22-58-56(57)26-37)24-40-17-19-48(46-12-9-8-11-39(46)15-13-34(2)3)49-32-54(65)55(66-6)29-41(49)16-18-45(61)31-53(64)50(40)28-42/h8-9,11-12,21-22,26-27,29,32-36,38,40,42,47-48,50-52,60,62-63H,7,10,13-16,18,20,23-25,28,30-31H2,1-6H3,(H2-,57,58,65)/p+1/t35-,36+,38-,40-,42+,47+,48-,50-,51+,52-/m1/s1. The molecule has 10 atom stereocenters. The Morgan fingerprint density at radius 3 is 2.42 bits per heavy atom. The van der Waals surface area contributed by atoms with Gasteiger partial charge in [-0.2, -0.15) is 0 Å². The zero-order valence-corrected chi connectivity index (χ0v) is 40.1. The fourth-order valence-electron chi connectivity index (χ4n) is 10.7. The van der Waals surface area contributed by atoms with Crippen LogP contribution in [-0.4, -0.2) is 68.6 Å². The van der Waals surface area contributed by atoms with E-state index in [1.54, 1.807) is 19.2 Å². The van der Waals surface area contributed by atoms with Crippen molar-refractivity contribution >= 4 is 23.6 Å². The van der Waals surface area contributed by atoms with Crippen LogP contribution >= 0.6 is 0 Å². The number of aliphatic hydroxyl groups excluding tert-OH is 3. The van der Waals surface area contributed by atoms with E-state index in [-0.39, 0.29) is 59.7 Å². The average Bonchev–Trinajstić information content (AvgIpc) is 3.67. The number of hydrogen-bond acceptors (Lipinski definition) is 10. The number of ether oxygens (including phenoxy) is 1. The summed E-state index contributed by atoms with van der Waals surface area (Å²) in [6.45, 7) is 10.3. The SMILES string of the molecule is CCC[C@@H]([C@H]1C[C@H](Cc2ccnc(N)c2)C[C@H]2C#C[C@H](c3ccccc3CCC(C)C)c3cc(O)c(OC)cc3CCC(=O)CC(=O)[C@@H]2C1)[C@H](O)CC1=C[C+]([C@H](C)CC[C@H](O)[C@H](C)O)C=N1. The second-order valence-electron chi connectivity index (χ2n) is 20.0. The van der Waals surface area contributed by atoms with E-state index >= 15 is 0 Å². The van der Waals surface area contributed by atoms with E-state index in [9.17, 15) is 30.0 Å². The van der Waals surface area contributed by atoms with Crippen molar-refractivity contribution < 1.29 is 34.8 Å². The molecule has 66 heavy (non-hydrogen) atoms. The summed E-state index contributed by atoms with van der Waals surface area (Å²) in [7, 11) is 1.52. The maximum absolute atomic E-state index is 14.8. The molecular formula is C56H74N3O7+. The monoisotopic (exact) mass is 901 g/mol. The van der Waals surface area contributed by atoms with Crippen molar-refractivity contribution in [2.24, 2.45) is 46.4 Å². The van der Waals surface area contributed by atoms with Crippen LogP contribution in [0, 0.1) is 59.2 Å². The highest BCUT2D eigenvalue weighted by Crippen LogP contribution is 2.45. The Morgan fingerprint density at radius 1 is 0.909 bits per heavy atom. The molecule has 2 heterocycles. The van der Waals surface area contributed by atoms with Gasteiger partial charge in [0.1, 0.15) is 35.6 Å². The fourth-order valence-corrected chi connectivity index (χ4v) is 10.7. The third-order valence-corrected chi connectivity index (χ3v) is 14.5. The molecule has 0 bridgehead atoms. The number of fused-ring (bicyclic) bond motifs is 2. The summed E-state index contributed by atoms with van der Waals surface area (Å²) >= 11 is 0. The van der Waals surface area contributed by atoms with Crippen LogP contribution in [0.15, 0.2) is 71.5 Å². The minimum atomic E-state index is -0.789. The van der Waals surface area contributed by atoms with Crippen LogP contribution < -0.4 is 10.5 Å². The minimum absolute atomic E-state index is 0.0129. The Morgan fingerprint density at radius 2 is 1.70 bits per heavy atom. The van der Waals surface area contributed by atoms with Crippen molar-refractivity contribution in [2.75, 3.05) is 12.8 Å². The number of hydrogen-bond donors (Lipinski definition) is 5. The lowest BCUT2D eigenvalue weighted by Crippen LogP contribution is -2.32. The number of phenols is 1. The second-order valence-corrected chi connectivity index (χ2v) is 20.0. The van der Waals surface area contributed by atoms with E-state index < -0.39 is 30.1 Å². The number of carbonyl (C=O) groups excluding carboxylic acids is 2. The van der Waals surface area contributed by atoms with Gasteiger partial charge >= 0.3 is 0 Å². The number of ketones is 2. The smallest absolute Gasteiger partial charge is 0.177 e. The minimum Gasteiger partial charge on any atom is -0.504 e. The lowest BCUT2D eigenvalue weighted by atomic mass is 9.73. The molecule has 2 aromatic carbocycles. The molecule has 1 aliphatic heterocycles. The third kappa shape index (κ3) is 13.4. The van der Waals surface area contributed by atoms with Gasteiger partial charge in [0, 0.05) is 30.4 Å². The number of allylic oxidation sites excluding steroid dienone is 1. The summed E-state index contributed by atoms with van der Waals surface area (Å²) in [5, 5.41) is 43.5. The van der Waals surface area contributed by atoms with Gasteiger partial charge in [-0.05, 0) is 154 Å². The molecule has 10 nitrogen and oxygen atoms in total. The highest BCUT2D eigenvalue weighted by Gasteiger charge is 2.42. The maximum atomic E-state index is 14.8. The Kier molecular flexibility index (Phi) is 18.1. The molecule has 0 saturated heterocycles. The first-order chi connectivity index (χ1) is 31.6. The number of nitrogens with zero attached hydrogens (tertiary/aromatic N) is 2. The number of aromatic hydroxyl groups is 1. The van der Waals surface area contributed by atoms with E-state index in [1.807, 2.05) is 36.6 Å². The number of aryl methyl sites for hydroxylation is 2. The highest BCUT2D eigenvalue weighted by atomic mass is 16.5. The number of anilines is 1. The van der Waals surface area contributed by atoms with Crippen molar-refractivity contribution in [1.82, 2.24) is 4.98 Å². The fraction of sp³-hybridized carbons (Fsp3) is 0.554. The summed E-state index contributed by atoms with van der Waals surface area (Å²) in [6, 6.07) is 15.9. The number of rotatable bonds is 18. The summed E-state index contributed by atoms with van der Waals surface area (Å²) < 4.78 is 5.57. The number of methoxy groups -OCH3 is 1. The maximum Gasteiger partial charge on any atom is 0.177 e. The second kappa shape index (κ2) is 23.7. The predicted octanol–water partition coefficient (Wildman–Crippen LogP) is 9.34. The van der Waals surface area contributed by atoms with E-state index in [4.69, 9.17) is 15.5 Å². The number of benzene rings is 2. The number of aliphatic imine (C=N–C) groups is 1. The molecule has 0 radical (unpaired) electrons. The molecule has 1 fully saturated rings. The predicted molar refractivity (Wildman–Crippen MR) is 262 cm³/mol. The average molecular weight is 901 g/mol. The number of nitrogens with two attached hydrogens (primary N) is 1. The third-order valence-electron chi connectivity index (χ3n) is 14.5. The molecule has 3 aliphatic rings. The molecule has 6 rings (SSSR count). The highest BCUT2D eigenvalue weighted by molar-refractivity contribution is 6.00. The lowest BCUT2D eigenvalue weighted by molar-refractivity contribution is -0.130. The number of carbonyl (C=O) groups is 2. The number of phenolic OH excluding ortho intramolecular Hbond substituents is 1. The van der Waals surface area contributed by atoms with Gasteiger partial charge in [0.25, 0.3) is 0 Å². The zero-order valence-electron chi connectivity index (χ0n) is 40.1. The van der Waals surface area contributed by atoms with Crippen molar-refractivity contribution in [3.05, 3.63) is 100 Å². The first kappa shape index (κ1) is 50.5. The van der Waals surface area contributed by atoms with Crippen LogP contribution in [0.25, 0.3) is 0 Å². The number of aliphatic hydroxyl groups is 3. The van der Waals surface area contributed by atoms with Crippen LogP contribution in [0.2, 0.25) is 0 Å².